The number of nitrogens with zero attached hydrogens (tertiary/aromatic N) is 2. The zero-order chi connectivity index (χ0) is 13.0. The minimum atomic E-state index is -0.107. The number of carbonyl (C=O) groups excluding carboxylic acids is 1. The molecule has 6 heteroatoms. The molecular weight excluding hydrogens is 248 g/mol. The quantitative estimate of drug-likeness (QED) is 0.867. The molecule has 1 atom stereocenters. The van der Waals surface area contributed by atoms with Crippen molar-refractivity contribution in [3.8, 4) is 0 Å². The van der Waals surface area contributed by atoms with Gasteiger partial charge in [-0.3, -0.25) is 4.79 Å². The van der Waals surface area contributed by atoms with E-state index in [9.17, 15) is 4.79 Å². The lowest BCUT2D eigenvalue weighted by Gasteiger charge is -2.22. The molecule has 1 aliphatic heterocycles. The van der Waals surface area contributed by atoms with E-state index in [-0.39, 0.29) is 11.9 Å². The maximum Gasteiger partial charge on any atom is 0.270 e. The molecule has 0 aliphatic carbocycles. The van der Waals surface area contributed by atoms with Gasteiger partial charge in [-0.15, -0.1) is 0 Å². The second-order valence-electron chi connectivity index (χ2n) is 4.36. The van der Waals surface area contributed by atoms with Crippen molar-refractivity contribution < 1.29 is 4.79 Å². The molecule has 0 saturated carbocycles. The molecule has 98 valence electrons. The highest BCUT2D eigenvalue weighted by atomic mass is 32.2. The normalized spacial score (nSPS) is 19.3. The van der Waals surface area contributed by atoms with E-state index in [0.717, 1.165) is 17.9 Å². The van der Waals surface area contributed by atoms with Gasteiger partial charge in [-0.05, 0) is 31.6 Å². The minimum Gasteiger partial charge on any atom is -0.357 e. The second kappa shape index (κ2) is 6.04. The Bertz CT molecular complexity index is 432. The number of amides is 1. The number of anilines is 1. The third-order valence-corrected chi connectivity index (χ3v) is 4.02. The summed E-state index contributed by atoms with van der Waals surface area (Å²) in [6.45, 7) is 1.86. The highest BCUT2D eigenvalue weighted by Gasteiger charge is 2.18. The van der Waals surface area contributed by atoms with E-state index < -0.39 is 0 Å². The van der Waals surface area contributed by atoms with Crippen molar-refractivity contribution in [2.24, 2.45) is 0 Å². The average molecular weight is 266 g/mol. The molecule has 0 radical (unpaired) electrons. The molecule has 1 fully saturated rings. The Morgan fingerprint density at radius 3 is 3.00 bits per heavy atom. The second-order valence-corrected chi connectivity index (χ2v) is 5.51. The van der Waals surface area contributed by atoms with Gasteiger partial charge in [-0.2, -0.15) is 11.8 Å². The average Bonchev–Trinajstić information content (AvgIpc) is 2.39. The van der Waals surface area contributed by atoms with Crippen LogP contribution >= 0.6 is 11.8 Å². The number of hydrogen-bond donors (Lipinski definition) is 2. The van der Waals surface area contributed by atoms with Gasteiger partial charge in [0, 0.05) is 24.5 Å². The molecule has 1 amide bonds. The van der Waals surface area contributed by atoms with Gasteiger partial charge in [0.05, 0.1) is 0 Å². The van der Waals surface area contributed by atoms with E-state index in [4.69, 9.17) is 0 Å². The van der Waals surface area contributed by atoms with Crippen LogP contribution in [0, 0.1) is 6.92 Å². The SMILES string of the molecule is CNc1nc(C)cc(C(=O)NC2CCCSC2)n1. The predicted molar refractivity (Wildman–Crippen MR) is 74.1 cm³/mol. The Kier molecular flexibility index (Phi) is 4.41. The highest BCUT2D eigenvalue weighted by Crippen LogP contribution is 2.17. The lowest BCUT2D eigenvalue weighted by atomic mass is 10.2. The fraction of sp³-hybridized carbons (Fsp3) is 0.583. The standard InChI is InChI=1S/C12H18N4OS/c1-8-6-10(16-12(13-2)14-8)11(17)15-9-4-3-5-18-7-9/h6,9H,3-5,7H2,1-2H3,(H,15,17)(H,13,14,16). The van der Waals surface area contributed by atoms with Crippen LogP contribution in [0.15, 0.2) is 6.07 Å². The Balaban J connectivity index is 2.05. The van der Waals surface area contributed by atoms with Crippen LogP contribution in [0.25, 0.3) is 0 Å². The summed E-state index contributed by atoms with van der Waals surface area (Å²) in [5.41, 5.74) is 1.22. The molecular formula is C12H18N4OS. The molecule has 1 aromatic rings. The molecule has 1 unspecified atom stereocenters. The number of aryl methyl sites for hydroxylation is 1. The van der Waals surface area contributed by atoms with E-state index in [1.54, 1.807) is 13.1 Å². The van der Waals surface area contributed by atoms with Crippen LogP contribution in [-0.4, -0.2) is 40.5 Å². The maximum atomic E-state index is 12.1. The molecule has 18 heavy (non-hydrogen) atoms. The monoisotopic (exact) mass is 266 g/mol. The fourth-order valence-corrected chi connectivity index (χ4v) is 2.98. The topological polar surface area (TPSA) is 66.9 Å². The minimum absolute atomic E-state index is 0.107. The van der Waals surface area contributed by atoms with Gasteiger partial charge in [0.25, 0.3) is 5.91 Å². The van der Waals surface area contributed by atoms with Crippen molar-refractivity contribution in [3.63, 3.8) is 0 Å². The van der Waals surface area contributed by atoms with Gasteiger partial charge in [-0.1, -0.05) is 0 Å². The molecule has 1 saturated heterocycles. The third kappa shape index (κ3) is 3.35. The number of nitrogens with one attached hydrogen (secondary N) is 2. The summed E-state index contributed by atoms with van der Waals surface area (Å²) >= 11 is 1.89. The first kappa shape index (κ1) is 13.1. The largest absolute Gasteiger partial charge is 0.357 e. The smallest absolute Gasteiger partial charge is 0.270 e. The van der Waals surface area contributed by atoms with Gasteiger partial charge >= 0.3 is 0 Å². The molecule has 0 spiro atoms. The van der Waals surface area contributed by atoms with Crippen molar-refractivity contribution in [1.29, 1.82) is 0 Å². The van der Waals surface area contributed by atoms with Gasteiger partial charge in [0.15, 0.2) is 0 Å². The first-order valence-corrected chi connectivity index (χ1v) is 7.26. The van der Waals surface area contributed by atoms with Crippen molar-refractivity contribution in [3.05, 3.63) is 17.5 Å². The summed E-state index contributed by atoms with van der Waals surface area (Å²) in [7, 11) is 1.74. The van der Waals surface area contributed by atoms with Crippen molar-refractivity contribution in [2.75, 3.05) is 23.9 Å². The van der Waals surface area contributed by atoms with Crippen LogP contribution in [0.1, 0.15) is 29.0 Å². The number of carbonyl (C=O) groups is 1. The number of thioether (sulfide) groups is 1. The van der Waals surface area contributed by atoms with Crippen LogP contribution < -0.4 is 10.6 Å². The van der Waals surface area contributed by atoms with E-state index in [0.29, 0.717) is 11.6 Å². The first-order chi connectivity index (χ1) is 8.69. The molecule has 0 bridgehead atoms. The van der Waals surface area contributed by atoms with E-state index >= 15 is 0 Å². The summed E-state index contributed by atoms with van der Waals surface area (Å²) < 4.78 is 0. The lowest BCUT2D eigenvalue weighted by Crippen LogP contribution is -2.38. The van der Waals surface area contributed by atoms with Crippen molar-refractivity contribution in [2.45, 2.75) is 25.8 Å². The summed E-state index contributed by atoms with van der Waals surface area (Å²) in [5, 5.41) is 5.90. The summed E-state index contributed by atoms with van der Waals surface area (Å²) in [6, 6.07) is 1.98. The summed E-state index contributed by atoms with van der Waals surface area (Å²) in [6.07, 6.45) is 2.22. The zero-order valence-electron chi connectivity index (χ0n) is 10.7. The predicted octanol–water partition coefficient (Wildman–Crippen LogP) is 1.45. The van der Waals surface area contributed by atoms with Crippen LogP contribution in [0.2, 0.25) is 0 Å². The summed E-state index contributed by atoms with van der Waals surface area (Å²) in [5.74, 6) is 2.57. The van der Waals surface area contributed by atoms with Gasteiger partial charge < -0.3 is 10.6 Å². The van der Waals surface area contributed by atoms with Crippen LogP contribution in [-0.2, 0) is 0 Å². The molecule has 1 aliphatic rings. The van der Waals surface area contributed by atoms with E-state index in [1.165, 1.54) is 12.2 Å². The number of hydrogen-bond acceptors (Lipinski definition) is 5. The molecule has 5 nitrogen and oxygen atoms in total. The van der Waals surface area contributed by atoms with Gasteiger partial charge in [0.1, 0.15) is 5.69 Å². The van der Waals surface area contributed by atoms with Crippen molar-refractivity contribution in [1.82, 2.24) is 15.3 Å². The Morgan fingerprint density at radius 2 is 2.33 bits per heavy atom. The molecule has 2 N–H and O–H groups in total. The van der Waals surface area contributed by atoms with Crippen molar-refractivity contribution >= 4 is 23.6 Å². The Hall–Kier alpha value is -1.30. The lowest BCUT2D eigenvalue weighted by molar-refractivity contribution is 0.0933. The van der Waals surface area contributed by atoms with E-state index in [1.807, 2.05) is 18.7 Å². The molecule has 1 aromatic heterocycles. The highest BCUT2D eigenvalue weighted by molar-refractivity contribution is 7.99. The Labute approximate surface area is 111 Å². The number of rotatable bonds is 3. The molecule has 0 aromatic carbocycles. The van der Waals surface area contributed by atoms with Gasteiger partial charge in [-0.25, -0.2) is 9.97 Å². The third-order valence-electron chi connectivity index (χ3n) is 2.81. The first-order valence-electron chi connectivity index (χ1n) is 6.11. The summed E-state index contributed by atoms with van der Waals surface area (Å²) in [4.78, 5) is 20.4. The van der Waals surface area contributed by atoms with E-state index in [2.05, 4.69) is 20.6 Å². The molecule has 2 rings (SSSR count). The fourth-order valence-electron chi connectivity index (χ4n) is 1.91. The Morgan fingerprint density at radius 1 is 1.50 bits per heavy atom. The van der Waals surface area contributed by atoms with Crippen LogP contribution in [0.3, 0.4) is 0 Å². The van der Waals surface area contributed by atoms with Crippen LogP contribution in [0.4, 0.5) is 5.95 Å². The molecule has 2 heterocycles. The maximum absolute atomic E-state index is 12.1. The number of aromatic nitrogens is 2. The van der Waals surface area contributed by atoms with Crippen LogP contribution in [0.5, 0.6) is 0 Å². The zero-order valence-corrected chi connectivity index (χ0v) is 11.5. The van der Waals surface area contributed by atoms with Gasteiger partial charge in [0.2, 0.25) is 5.95 Å².